The summed E-state index contributed by atoms with van der Waals surface area (Å²) in [5, 5.41) is 10.8. The Kier molecular flexibility index (Phi) is 6.19. The molecular formula is C21H25N5O4S. The second kappa shape index (κ2) is 9.03. The van der Waals surface area contributed by atoms with Gasteiger partial charge in [0.25, 0.3) is 0 Å². The average molecular weight is 444 g/mol. The number of fused-ring (bicyclic) bond motifs is 1. The van der Waals surface area contributed by atoms with Gasteiger partial charge in [0.1, 0.15) is 17.8 Å². The average Bonchev–Trinajstić information content (AvgIpc) is 2.98. The lowest BCUT2D eigenvalue weighted by Crippen LogP contribution is -2.32. The molecule has 0 saturated carbocycles. The number of nitrogens with zero attached hydrogens (tertiary/aromatic N) is 4. The molecule has 10 heteroatoms. The number of anilines is 1. The van der Waals surface area contributed by atoms with E-state index in [0.717, 1.165) is 31.2 Å². The Hall–Kier alpha value is -2.98. The molecule has 164 valence electrons. The molecule has 1 aliphatic rings. The molecule has 1 saturated heterocycles. The second-order valence-electron chi connectivity index (χ2n) is 7.46. The van der Waals surface area contributed by atoms with Crippen LogP contribution in [-0.2, 0) is 21.4 Å². The summed E-state index contributed by atoms with van der Waals surface area (Å²) in [4.78, 5) is 12.8. The maximum atomic E-state index is 13.1. The molecule has 31 heavy (non-hydrogen) atoms. The SMILES string of the molecule is COc1ccc(S(=O)(=O)N2CCCCCC2)cc1NC(=O)Cn1nnc2ccccc21. The number of sulfonamides is 1. The number of carbonyl (C=O) groups excluding carboxylic acids is 1. The molecule has 0 spiro atoms. The molecule has 0 bridgehead atoms. The van der Waals surface area contributed by atoms with Crippen LogP contribution < -0.4 is 10.1 Å². The number of para-hydroxylation sites is 1. The molecule has 0 aliphatic carbocycles. The summed E-state index contributed by atoms with van der Waals surface area (Å²) in [7, 11) is -2.18. The van der Waals surface area contributed by atoms with Crippen LogP contribution in [0, 0.1) is 0 Å². The minimum Gasteiger partial charge on any atom is -0.495 e. The van der Waals surface area contributed by atoms with Crippen molar-refractivity contribution < 1.29 is 17.9 Å². The smallest absolute Gasteiger partial charge is 0.246 e. The van der Waals surface area contributed by atoms with Crippen molar-refractivity contribution in [2.45, 2.75) is 37.1 Å². The van der Waals surface area contributed by atoms with Crippen LogP contribution in [0.15, 0.2) is 47.4 Å². The van der Waals surface area contributed by atoms with E-state index in [0.29, 0.717) is 30.0 Å². The van der Waals surface area contributed by atoms with Gasteiger partial charge in [-0.2, -0.15) is 4.31 Å². The van der Waals surface area contributed by atoms with E-state index in [2.05, 4.69) is 15.6 Å². The molecule has 1 aromatic heterocycles. The Morgan fingerprint density at radius 2 is 1.84 bits per heavy atom. The van der Waals surface area contributed by atoms with E-state index in [4.69, 9.17) is 4.74 Å². The molecule has 0 radical (unpaired) electrons. The van der Waals surface area contributed by atoms with Crippen LogP contribution in [0.4, 0.5) is 5.69 Å². The highest BCUT2D eigenvalue weighted by Gasteiger charge is 2.26. The van der Waals surface area contributed by atoms with Gasteiger partial charge < -0.3 is 10.1 Å². The number of hydrogen-bond donors (Lipinski definition) is 1. The minimum absolute atomic E-state index is 0.0627. The van der Waals surface area contributed by atoms with E-state index in [9.17, 15) is 13.2 Å². The zero-order valence-corrected chi connectivity index (χ0v) is 18.1. The predicted molar refractivity (Wildman–Crippen MR) is 116 cm³/mol. The summed E-state index contributed by atoms with van der Waals surface area (Å²) >= 11 is 0. The molecule has 0 atom stereocenters. The minimum atomic E-state index is -3.65. The van der Waals surface area contributed by atoms with Crippen LogP contribution in [0.2, 0.25) is 0 Å². The van der Waals surface area contributed by atoms with Crippen molar-refractivity contribution in [1.82, 2.24) is 19.3 Å². The topological polar surface area (TPSA) is 106 Å². The summed E-state index contributed by atoms with van der Waals surface area (Å²) in [6, 6.07) is 11.9. The lowest BCUT2D eigenvalue weighted by Gasteiger charge is -2.21. The molecule has 0 unspecified atom stereocenters. The summed E-state index contributed by atoms with van der Waals surface area (Å²) in [5.41, 5.74) is 1.73. The van der Waals surface area contributed by atoms with Crippen molar-refractivity contribution >= 4 is 32.7 Å². The van der Waals surface area contributed by atoms with Gasteiger partial charge in [-0.3, -0.25) is 4.79 Å². The van der Waals surface area contributed by atoms with Crippen LogP contribution in [0.1, 0.15) is 25.7 Å². The van der Waals surface area contributed by atoms with Gasteiger partial charge in [-0.15, -0.1) is 5.10 Å². The monoisotopic (exact) mass is 443 g/mol. The van der Waals surface area contributed by atoms with Gasteiger partial charge >= 0.3 is 0 Å². The predicted octanol–water partition coefficient (Wildman–Crippen LogP) is 2.64. The van der Waals surface area contributed by atoms with Crippen LogP contribution in [0.5, 0.6) is 5.75 Å². The molecule has 3 aromatic rings. The molecule has 1 aliphatic heterocycles. The van der Waals surface area contributed by atoms with Crippen molar-refractivity contribution in [1.29, 1.82) is 0 Å². The van der Waals surface area contributed by atoms with E-state index in [-0.39, 0.29) is 17.3 Å². The van der Waals surface area contributed by atoms with Crippen molar-refractivity contribution in [3.05, 3.63) is 42.5 Å². The fourth-order valence-corrected chi connectivity index (χ4v) is 5.28. The Bertz CT molecular complexity index is 1180. The Balaban J connectivity index is 1.56. The summed E-state index contributed by atoms with van der Waals surface area (Å²) in [5.74, 6) is 0.0184. The normalized spacial score (nSPS) is 15.5. The fourth-order valence-electron chi connectivity index (χ4n) is 3.74. The molecule has 1 fully saturated rings. The van der Waals surface area contributed by atoms with Crippen molar-refractivity contribution in [3.63, 3.8) is 0 Å². The third-order valence-corrected chi connectivity index (χ3v) is 7.26. The molecule has 1 N–H and O–H groups in total. The fraction of sp³-hybridized carbons (Fsp3) is 0.381. The third kappa shape index (κ3) is 4.54. The summed E-state index contributed by atoms with van der Waals surface area (Å²) in [6.07, 6.45) is 3.77. The van der Waals surface area contributed by atoms with Crippen LogP contribution in [0.3, 0.4) is 0 Å². The van der Waals surface area contributed by atoms with E-state index < -0.39 is 10.0 Å². The molecule has 2 aromatic carbocycles. The number of ether oxygens (including phenoxy) is 1. The summed E-state index contributed by atoms with van der Waals surface area (Å²) in [6.45, 7) is 0.956. The number of aromatic nitrogens is 3. The number of hydrogen-bond acceptors (Lipinski definition) is 6. The van der Waals surface area contributed by atoms with Gasteiger partial charge in [0.05, 0.1) is 23.2 Å². The molecule has 4 rings (SSSR count). The first-order chi connectivity index (χ1) is 15.0. The number of carbonyl (C=O) groups is 1. The highest BCUT2D eigenvalue weighted by Crippen LogP contribution is 2.30. The maximum Gasteiger partial charge on any atom is 0.246 e. The van der Waals surface area contributed by atoms with E-state index in [1.54, 1.807) is 6.07 Å². The van der Waals surface area contributed by atoms with Gasteiger partial charge in [-0.1, -0.05) is 30.2 Å². The number of benzene rings is 2. The van der Waals surface area contributed by atoms with Gasteiger partial charge in [0.15, 0.2) is 0 Å². The molecule has 1 amide bonds. The van der Waals surface area contributed by atoms with E-state index >= 15 is 0 Å². The zero-order valence-electron chi connectivity index (χ0n) is 17.3. The number of rotatable bonds is 6. The standard InChI is InChI=1S/C21H25N5O4S/c1-30-20-11-10-16(31(28,29)25-12-6-2-3-7-13-25)14-18(20)22-21(27)15-26-19-9-5-4-8-17(19)23-24-26/h4-5,8-11,14H,2-3,6-7,12-13,15H2,1H3,(H,22,27). The quantitative estimate of drug-likeness (QED) is 0.628. The first-order valence-corrected chi connectivity index (χ1v) is 11.7. The Morgan fingerprint density at radius 3 is 2.58 bits per heavy atom. The Labute approximate surface area is 181 Å². The number of nitrogens with one attached hydrogen (secondary N) is 1. The van der Waals surface area contributed by atoms with Crippen molar-refractivity contribution in [3.8, 4) is 5.75 Å². The van der Waals surface area contributed by atoms with Crippen LogP contribution >= 0.6 is 0 Å². The molecule has 9 nitrogen and oxygen atoms in total. The largest absolute Gasteiger partial charge is 0.495 e. The molecule has 2 heterocycles. The van der Waals surface area contributed by atoms with Crippen molar-refractivity contribution in [2.75, 3.05) is 25.5 Å². The highest BCUT2D eigenvalue weighted by atomic mass is 32.2. The maximum absolute atomic E-state index is 13.1. The highest BCUT2D eigenvalue weighted by molar-refractivity contribution is 7.89. The summed E-state index contributed by atoms with van der Waals surface area (Å²) < 4.78 is 34.6. The van der Waals surface area contributed by atoms with Gasteiger partial charge in [0.2, 0.25) is 15.9 Å². The lowest BCUT2D eigenvalue weighted by molar-refractivity contribution is -0.116. The third-order valence-electron chi connectivity index (χ3n) is 5.36. The van der Waals surface area contributed by atoms with Gasteiger partial charge in [0, 0.05) is 13.1 Å². The van der Waals surface area contributed by atoms with Crippen molar-refractivity contribution in [2.24, 2.45) is 0 Å². The van der Waals surface area contributed by atoms with Gasteiger partial charge in [-0.25, -0.2) is 13.1 Å². The van der Waals surface area contributed by atoms with Crippen LogP contribution in [-0.4, -0.2) is 53.8 Å². The first-order valence-electron chi connectivity index (χ1n) is 10.3. The van der Waals surface area contributed by atoms with Gasteiger partial charge in [-0.05, 0) is 43.2 Å². The lowest BCUT2D eigenvalue weighted by atomic mass is 10.2. The molecular weight excluding hydrogens is 418 g/mol. The number of amides is 1. The second-order valence-corrected chi connectivity index (χ2v) is 9.40. The zero-order chi connectivity index (χ0) is 21.8. The Morgan fingerprint density at radius 1 is 1.10 bits per heavy atom. The van der Waals surface area contributed by atoms with Crippen LogP contribution in [0.25, 0.3) is 11.0 Å². The number of methoxy groups -OCH3 is 1. The first kappa shape index (κ1) is 21.3. The van der Waals surface area contributed by atoms with E-state index in [1.807, 2.05) is 24.3 Å². The van der Waals surface area contributed by atoms with E-state index in [1.165, 1.54) is 28.2 Å².